The number of hydrogen-bond donors (Lipinski definition) is 0. The summed E-state index contributed by atoms with van der Waals surface area (Å²) in [6.45, 7) is 9.18. The van der Waals surface area contributed by atoms with Gasteiger partial charge in [0.1, 0.15) is 0 Å². The summed E-state index contributed by atoms with van der Waals surface area (Å²) < 4.78 is 0. The lowest BCUT2D eigenvalue weighted by molar-refractivity contribution is 1.24. The number of aromatic nitrogens is 1. The van der Waals surface area contributed by atoms with Gasteiger partial charge in [0.15, 0.2) is 0 Å². The maximum absolute atomic E-state index is 4.22. The Morgan fingerprint density at radius 1 is 1.46 bits per heavy atom. The molecule has 0 aromatic carbocycles. The number of pyridine rings is 1. The normalized spacial score (nSPS) is 11.0. The standard InChI is InChI=1S/C11H12N2/c1-4-10(12-5-2)11-7-6-9(3)8-13-11/h4-8H,1-2H2,3H3. The molecule has 0 aliphatic carbocycles. The number of aryl methyl sites for hydroxylation is 1. The monoisotopic (exact) mass is 172 g/mol. The molecule has 0 amide bonds. The molecule has 0 radical (unpaired) electrons. The Bertz CT molecular complexity index is 334. The Morgan fingerprint density at radius 2 is 2.23 bits per heavy atom. The Balaban J connectivity index is 3.06. The topological polar surface area (TPSA) is 25.2 Å². The van der Waals surface area contributed by atoms with E-state index in [1.165, 1.54) is 6.20 Å². The van der Waals surface area contributed by atoms with Gasteiger partial charge in [0.25, 0.3) is 0 Å². The second-order valence-electron chi connectivity index (χ2n) is 2.62. The minimum atomic E-state index is 0.745. The molecule has 1 aromatic heterocycles. The molecule has 0 aliphatic rings. The molecule has 0 atom stereocenters. The lowest BCUT2D eigenvalue weighted by Gasteiger charge is -1.98. The van der Waals surface area contributed by atoms with Gasteiger partial charge in [-0.2, -0.15) is 0 Å². The Hall–Kier alpha value is -1.70. The maximum atomic E-state index is 4.22. The van der Waals surface area contributed by atoms with E-state index >= 15 is 0 Å². The second-order valence-corrected chi connectivity index (χ2v) is 2.62. The van der Waals surface area contributed by atoms with Gasteiger partial charge in [-0.25, -0.2) is 0 Å². The quantitative estimate of drug-likeness (QED) is 0.643. The molecule has 1 aromatic rings. The largest absolute Gasteiger partial charge is 0.255 e. The van der Waals surface area contributed by atoms with E-state index < -0.39 is 0 Å². The Morgan fingerprint density at radius 3 is 2.69 bits per heavy atom. The third-order valence-electron chi connectivity index (χ3n) is 1.60. The molecule has 0 saturated carbocycles. The van der Waals surface area contributed by atoms with E-state index in [1.807, 2.05) is 19.1 Å². The molecule has 2 heteroatoms. The Labute approximate surface area is 78.4 Å². The van der Waals surface area contributed by atoms with Crippen LogP contribution in [-0.4, -0.2) is 10.7 Å². The summed E-state index contributed by atoms with van der Waals surface area (Å²) in [7, 11) is 0. The zero-order valence-electron chi connectivity index (χ0n) is 7.70. The highest BCUT2D eigenvalue weighted by Gasteiger charge is 1.98. The van der Waals surface area contributed by atoms with Crippen LogP contribution in [-0.2, 0) is 0 Å². The van der Waals surface area contributed by atoms with Gasteiger partial charge in [-0.05, 0) is 24.6 Å². The van der Waals surface area contributed by atoms with E-state index in [4.69, 9.17) is 0 Å². The summed E-state index contributed by atoms with van der Waals surface area (Å²) in [5.41, 5.74) is 2.70. The van der Waals surface area contributed by atoms with Gasteiger partial charge in [-0.3, -0.25) is 9.98 Å². The van der Waals surface area contributed by atoms with Crippen molar-refractivity contribution in [3.63, 3.8) is 0 Å². The van der Waals surface area contributed by atoms with Crippen molar-refractivity contribution in [2.75, 3.05) is 0 Å². The van der Waals surface area contributed by atoms with Crippen molar-refractivity contribution >= 4 is 5.71 Å². The lowest BCUT2D eigenvalue weighted by atomic mass is 10.2. The number of hydrogen-bond acceptors (Lipinski definition) is 2. The minimum Gasteiger partial charge on any atom is -0.255 e. The fraction of sp³-hybridized carbons (Fsp3) is 0.0909. The van der Waals surface area contributed by atoms with Crippen LogP contribution < -0.4 is 0 Å². The smallest absolute Gasteiger partial charge is 0.0886 e. The van der Waals surface area contributed by atoms with Crippen LogP contribution in [0.4, 0.5) is 0 Å². The van der Waals surface area contributed by atoms with Crippen LogP contribution in [0.15, 0.2) is 48.8 Å². The fourth-order valence-corrected chi connectivity index (χ4v) is 0.941. The third kappa shape index (κ3) is 2.37. The molecule has 1 rings (SSSR count). The molecule has 1 heterocycles. The SMILES string of the molecule is C=CN=C(C=C)c1ccc(C)cn1. The average molecular weight is 172 g/mol. The second kappa shape index (κ2) is 4.36. The minimum absolute atomic E-state index is 0.745. The van der Waals surface area contributed by atoms with Gasteiger partial charge in [-0.15, -0.1) is 0 Å². The molecule has 0 spiro atoms. The first-order valence-corrected chi connectivity index (χ1v) is 4.02. The number of aliphatic imine (C=N–C) groups is 1. The summed E-state index contributed by atoms with van der Waals surface area (Å²) >= 11 is 0. The molecule has 2 nitrogen and oxygen atoms in total. The van der Waals surface area contributed by atoms with Crippen molar-refractivity contribution in [1.29, 1.82) is 0 Å². The Kier molecular flexibility index (Phi) is 3.15. The van der Waals surface area contributed by atoms with Crippen LogP contribution in [0.5, 0.6) is 0 Å². The zero-order chi connectivity index (χ0) is 9.68. The van der Waals surface area contributed by atoms with Crippen LogP contribution in [0, 0.1) is 6.92 Å². The fourth-order valence-electron chi connectivity index (χ4n) is 0.941. The number of rotatable bonds is 3. The summed E-state index contributed by atoms with van der Waals surface area (Å²) in [6.07, 6.45) is 4.95. The van der Waals surface area contributed by atoms with Crippen LogP contribution in [0.3, 0.4) is 0 Å². The highest BCUT2D eigenvalue weighted by atomic mass is 14.8. The molecule has 0 saturated heterocycles. The summed E-state index contributed by atoms with van der Waals surface area (Å²) in [5.74, 6) is 0. The highest BCUT2D eigenvalue weighted by molar-refractivity contribution is 6.07. The predicted molar refractivity (Wildman–Crippen MR) is 55.9 cm³/mol. The lowest BCUT2D eigenvalue weighted by Crippen LogP contribution is -1.98. The van der Waals surface area contributed by atoms with E-state index in [-0.39, 0.29) is 0 Å². The first kappa shape index (κ1) is 9.39. The van der Waals surface area contributed by atoms with Crippen molar-refractivity contribution in [2.45, 2.75) is 6.92 Å². The van der Waals surface area contributed by atoms with Crippen molar-refractivity contribution in [3.05, 3.63) is 55.0 Å². The van der Waals surface area contributed by atoms with Crippen LogP contribution in [0.2, 0.25) is 0 Å². The molecular weight excluding hydrogens is 160 g/mol. The zero-order valence-corrected chi connectivity index (χ0v) is 7.70. The van der Waals surface area contributed by atoms with Crippen LogP contribution in [0.1, 0.15) is 11.3 Å². The average Bonchev–Trinajstić information content (AvgIpc) is 2.16. The van der Waals surface area contributed by atoms with Gasteiger partial charge in [-0.1, -0.05) is 19.2 Å². The highest BCUT2D eigenvalue weighted by Crippen LogP contribution is 2.01. The van der Waals surface area contributed by atoms with Crippen LogP contribution in [0.25, 0.3) is 0 Å². The van der Waals surface area contributed by atoms with Gasteiger partial charge in [0, 0.05) is 12.4 Å². The molecule has 66 valence electrons. The first-order valence-electron chi connectivity index (χ1n) is 4.02. The molecule has 13 heavy (non-hydrogen) atoms. The number of nitrogens with zero attached hydrogens (tertiary/aromatic N) is 2. The van der Waals surface area contributed by atoms with Crippen molar-refractivity contribution < 1.29 is 0 Å². The first-order chi connectivity index (χ1) is 6.27. The van der Waals surface area contributed by atoms with Crippen molar-refractivity contribution in [3.8, 4) is 0 Å². The molecule has 0 N–H and O–H groups in total. The van der Waals surface area contributed by atoms with E-state index in [1.54, 1.807) is 12.3 Å². The van der Waals surface area contributed by atoms with Gasteiger partial charge in [0.05, 0.1) is 11.4 Å². The van der Waals surface area contributed by atoms with Crippen LogP contribution >= 0.6 is 0 Å². The summed E-state index contributed by atoms with van der Waals surface area (Å²) in [5, 5.41) is 0. The summed E-state index contributed by atoms with van der Waals surface area (Å²) in [6, 6.07) is 3.91. The predicted octanol–water partition coefficient (Wildman–Crippen LogP) is 2.51. The van der Waals surface area contributed by atoms with E-state index in [9.17, 15) is 0 Å². The molecule has 0 unspecified atom stereocenters. The molecular formula is C11H12N2. The van der Waals surface area contributed by atoms with E-state index in [0.29, 0.717) is 0 Å². The van der Waals surface area contributed by atoms with Gasteiger partial charge in [0.2, 0.25) is 0 Å². The van der Waals surface area contributed by atoms with Gasteiger partial charge >= 0.3 is 0 Å². The molecule has 0 aliphatic heterocycles. The van der Waals surface area contributed by atoms with Gasteiger partial charge < -0.3 is 0 Å². The van der Waals surface area contributed by atoms with E-state index in [2.05, 4.69) is 23.1 Å². The summed E-state index contributed by atoms with van der Waals surface area (Å²) in [4.78, 5) is 8.26. The third-order valence-corrected chi connectivity index (χ3v) is 1.60. The van der Waals surface area contributed by atoms with Crippen molar-refractivity contribution in [2.24, 2.45) is 4.99 Å². The maximum Gasteiger partial charge on any atom is 0.0886 e. The number of allylic oxidation sites excluding steroid dienone is 1. The van der Waals surface area contributed by atoms with Crippen molar-refractivity contribution in [1.82, 2.24) is 4.98 Å². The molecule has 0 bridgehead atoms. The molecule has 0 fully saturated rings. The van der Waals surface area contributed by atoms with E-state index in [0.717, 1.165) is 17.0 Å².